The molecule has 5 heteroatoms. The minimum absolute atomic E-state index is 0.103. The lowest BCUT2D eigenvalue weighted by atomic mass is 9.68. The van der Waals surface area contributed by atoms with Gasteiger partial charge in [-0.05, 0) is 49.9 Å². The van der Waals surface area contributed by atoms with Gasteiger partial charge in [-0.15, -0.1) is 0 Å². The van der Waals surface area contributed by atoms with Crippen molar-refractivity contribution >= 4 is 16.4 Å². The number of nitrogens with zero attached hydrogens (tertiary/aromatic N) is 2. The maximum atomic E-state index is 7.00. The first-order valence-corrected chi connectivity index (χ1v) is 18.0. The van der Waals surface area contributed by atoms with E-state index in [9.17, 15) is 0 Å². The quantitative estimate of drug-likeness (QED) is 0.253. The Morgan fingerprint density at radius 3 is 2.00 bits per heavy atom. The number of unbranched alkanes of at least 4 members (excludes halogenated alkanes) is 1. The largest absolute Gasteiger partial charge is 0.412 e. The van der Waals surface area contributed by atoms with Crippen LogP contribution in [0.4, 0.5) is 0 Å². The Morgan fingerprint density at radius 2 is 1.52 bits per heavy atom. The first kappa shape index (κ1) is 26.6. The summed E-state index contributed by atoms with van der Waals surface area (Å²) >= 11 is 0. The minimum Gasteiger partial charge on any atom is -0.412 e. The number of hydrogen-bond acceptors (Lipinski definition) is 1. The summed E-state index contributed by atoms with van der Waals surface area (Å²) in [5.74, 6) is 0. The smallest absolute Gasteiger partial charge is 0.243 e. The third-order valence-electron chi connectivity index (χ3n) is 8.47. The van der Waals surface area contributed by atoms with Gasteiger partial charge in [0, 0.05) is 0 Å². The molecule has 0 fully saturated rings. The fourth-order valence-corrected chi connectivity index (χ4v) is 11.3. The fraction of sp³-hybridized carbons (Fsp3) is 0.875. The van der Waals surface area contributed by atoms with Gasteiger partial charge in [0.05, 0.1) is 27.3 Å². The van der Waals surface area contributed by atoms with E-state index in [1.165, 1.54) is 31.4 Å². The number of rotatable bonds is 12. The van der Waals surface area contributed by atoms with Crippen molar-refractivity contribution in [3.8, 4) is 0 Å². The van der Waals surface area contributed by atoms with Gasteiger partial charge in [-0.2, -0.15) is 0 Å². The van der Waals surface area contributed by atoms with Gasteiger partial charge < -0.3 is 4.43 Å². The summed E-state index contributed by atoms with van der Waals surface area (Å²) in [6, 6.07) is 2.61. The average Bonchev–Trinajstić information content (AvgIpc) is 2.96. The Labute approximate surface area is 184 Å². The average molecular weight is 440 g/mol. The summed E-state index contributed by atoms with van der Waals surface area (Å²) < 4.78 is 11.4. The zero-order valence-corrected chi connectivity index (χ0v) is 23.8. The van der Waals surface area contributed by atoms with E-state index in [4.69, 9.17) is 4.43 Å². The van der Waals surface area contributed by atoms with Crippen molar-refractivity contribution in [2.24, 2.45) is 12.5 Å². The van der Waals surface area contributed by atoms with Crippen molar-refractivity contribution in [1.29, 1.82) is 0 Å². The van der Waals surface area contributed by atoms with Crippen LogP contribution in [-0.2, 0) is 18.0 Å². The van der Waals surface area contributed by atoms with E-state index in [1.807, 2.05) is 0 Å². The van der Waals surface area contributed by atoms with Crippen LogP contribution in [0.5, 0.6) is 0 Å². The van der Waals surface area contributed by atoms with Gasteiger partial charge in [-0.25, -0.2) is 9.13 Å². The summed E-state index contributed by atoms with van der Waals surface area (Å²) in [6.45, 7) is 28.1. The van der Waals surface area contributed by atoms with Crippen LogP contribution in [0.2, 0.25) is 43.3 Å². The van der Waals surface area contributed by atoms with Gasteiger partial charge in [0.2, 0.25) is 6.33 Å². The molecule has 0 aliphatic carbocycles. The van der Waals surface area contributed by atoms with Crippen LogP contribution in [0.15, 0.2) is 18.7 Å². The Bertz CT molecular complexity index is 645. The molecule has 0 N–H and O–H groups in total. The van der Waals surface area contributed by atoms with Gasteiger partial charge in [0.1, 0.15) is 12.4 Å². The van der Waals surface area contributed by atoms with E-state index >= 15 is 0 Å². The Kier molecular flexibility index (Phi) is 8.63. The molecule has 3 nitrogen and oxygen atoms in total. The molecule has 1 heterocycles. The normalized spacial score (nSPS) is 14.5. The maximum absolute atomic E-state index is 7.00. The molecule has 0 unspecified atom stereocenters. The van der Waals surface area contributed by atoms with Crippen LogP contribution in [-0.4, -0.2) is 26.6 Å². The molecule has 0 atom stereocenters. The van der Waals surface area contributed by atoms with E-state index in [-0.39, 0.29) is 16.1 Å². The summed E-state index contributed by atoms with van der Waals surface area (Å²) in [5.41, 5.74) is -0.0233. The van der Waals surface area contributed by atoms with Gasteiger partial charge in [-0.3, -0.25) is 0 Å². The summed E-state index contributed by atoms with van der Waals surface area (Å²) in [7, 11) is -1.08. The molecule has 0 saturated heterocycles. The lowest BCUT2D eigenvalue weighted by Gasteiger charge is -2.59. The Morgan fingerprint density at radius 1 is 0.931 bits per heavy atom. The van der Waals surface area contributed by atoms with Crippen LogP contribution in [0.3, 0.4) is 0 Å². The predicted molar refractivity (Wildman–Crippen MR) is 133 cm³/mol. The molecule has 0 radical (unpaired) electrons. The zero-order valence-electron chi connectivity index (χ0n) is 21.8. The van der Waals surface area contributed by atoms with E-state index in [2.05, 4.69) is 110 Å². The highest BCUT2D eigenvalue weighted by molar-refractivity contribution is 6.80. The molecule has 1 rings (SSSR count). The number of imidazole rings is 1. The lowest BCUT2D eigenvalue weighted by Crippen LogP contribution is -2.59. The van der Waals surface area contributed by atoms with Gasteiger partial charge in [-0.1, -0.05) is 66.6 Å². The molecule has 0 aliphatic rings. The number of aromatic nitrogens is 2. The highest BCUT2D eigenvalue weighted by Crippen LogP contribution is 2.60. The van der Waals surface area contributed by atoms with Gasteiger partial charge in [0.25, 0.3) is 0 Å². The molecule has 0 aromatic carbocycles. The van der Waals surface area contributed by atoms with Crippen molar-refractivity contribution < 1.29 is 8.99 Å². The third-order valence-corrected chi connectivity index (χ3v) is 16.7. The molecule has 0 saturated carbocycles. The van der Waals surface area contributed by atoms with Crippen LogP contribution >= 0.6 is 0 Å². The Hall–Kier alpha value is -0.396. The van der Waals surface area contributed by atoms with Crippen LogP contribution < -0.4 is 4.57 Å². The van der Waals surface area contributed by atoms with E-state index in [1.54, 1.807) is 0 Å². The zero-order chi connectivity index (χ0) is 22.7. The molecule has 0 spiro atoms. The second-order valence-corrected chi connectivity index (χ2v) is 21.8. The first-order chi connectivity index (χ1) is 13.0. The molecule has 0 aliphatic heterocycles. The standard InChI is InChI=1S/C24H51N2OSi2/c1-13-14-20-29(11,12)27-23(4,5)22(2,3)24(6,7)28(9,10)19-15-16-26-18-17-25(8)21-26/h17-18,21H,13-16,19-20H2,1-12H3/q+1. The second-order valence-electron chi connectivity index (χ2n) is 12.0. The van der Waals surface area contributed by atoms with Crippen molar-refractivity contribution in [2.45, 2.75) is 123 Å². The molecule has 1 aromatic heterocycles. The van der Waals surface area contributed by atoms with Crippen molar-refractivity contribution in [1.82, 2.24) is 4.57 Å². The number of aryl methyl sites for hydroxylation is 2. The molecule has 0 bridgehead atoms. The summed E-state index contributed by atoms with van der Waals surface area (Å²) in [6.07, 6.45) is 10.3. The SMILES string of the molecule is CCCC[Si](C)(C)OC(C)(C)C(C)(C)C(C)(C)[Si](C)(C)CCCn1cc[n+](C)c1. The first-order valence-electron chi connectivity index (χ1n) is 11.7. The number of hydrogen-bond donors (Lipinski definition) is 0. The third kappa shape index (κ3) is 6.30. The molecular weight excluding hydrogens is 388 g/mol. The van der Waals surface area contributed by atoms with E-state index < -0.39 is 16.4 Å². The molecule has 29 heavy (non-hydrogen) atoms. The van der Waals surface area contributed by atoms with Crippen molar-refractivity contribution in [3.05, 3.63) is 18.7 Å². The van der Waals surface area contributed by atoms with Crippen LogP contribution in [0, 0.1) is 5.41 Å². The van der Waals surface area contributed by atoms with Crippen molar-refractivity contribution in [2.75, 3.05) is 0 Å². The van der Waals surface area contributed by atoms with E-state index in [0.29, 0.717) is 0 Å². The topological polar surface area (TPSA) is 18.0 Å². The minimum atomic E-state index is -1.66. The van der Waals surface area contributed by atoms with Crippen LogP contribution in [0.1, 0.15) is 67.7 Å². The van der Waals surface area contributed by atoms with E-state index in [0.717, 1.165) is 6.54 Å². The molecule has 1 aromatic rings. The summed E-state index contributed by atoms with van der Waals surface area (Å²) in [5, 5.41) is 0.264. The predicted octanol–water partition coefficient (Wildman–Crippen LogP) is 7.02. The molecule has 0 amide bonds. The maximum Gasteiger partial charge on any atom is 0.243 e. The monoisotopic (exact) mass is 439 g/mol. The fourth-order valence-electron chi connectivity index (χ4n) is 4.72. The van der Waals surface area contributed by atoms with Gasteiger partial charge in [0.15, 0.2) is 8.32 Å². The van der Waals surface area contributed by atoms with Crippen LogP contribution in [0.25, 0.3) is 0 Å². The van der Waals surface area contributed by atoms with Gasteiger partial charge >= 0.3 is 0 Å². The molecule has 170 valence electrons. The highest BCUT2D eigenvalue weighted by atomic mass is 28.4. The lowest BCUT2D eigenvalue weighted by molar-refractivity contribution is -0.671. The molecular formula is C24H51N2OSi2+. The van der Waals surface area contributed by atoms with Crippen molar-refractivity contribution in [3.63, 3.8) is 0 Å². The Balaban J connectivity index is 2.93. The second kappa shape index (κ2) is 9.39. The highest BCUT2D eigenvalue weighted by Gasteiger charge is 2.56. The summed E-state index contributed by atoms with van der Waals surface area (Å²) in [4.78, 5) is 0.